The minimum absolute atomic E-state index is 0.0840. The Hall–Kier alpha value is -3.86. The minimum Gasteiger partial charge on any atom is -0.481 e. The minimum atomic E-state index is -1.03. The number of aromatic carboxylic acids is 1. The van der Waals surface area contributed by atoms with E-state index < -0.39 is 12.1 Å². The van der Waals surface area contributed by atoms with Crippen molar-refractivity contribution in [3.05, 3.63) is 65.5 Å². The van der Waals surface area contributed by atoms with Crippen molar-refractivity contribution < 1.29 is 24.2 Å². The number of benzene rings is 2. The van der Waals surface area contributed by atoms with Crippen LogP contribution in [0.3, 0.4) is 0 Å². The first-order valence-electron chi connectivity index (χ1n) is 10.9. The number of nitrogens with one attached hydrogen (secondary N) is 2. The van der Waals surface area contributed by atoms with Gasteiger partial charge >= 0.3 is 5.97 Å². The molecule has 10 nitrogen and oxygen atoms in total. The van der Waals surface area contributed by atoms with Gasteiger partial charge in [-0.15, -0.1) is 10.2 Å². The third kappa shape index (κ3) is 7.31. The van der Waals surface area contributed by atoms with Crippen LogP contribution in [0.2, 0.25) is 0 Å². The van der Waals surface area contributed by atoms with Gasteiger partial charge in [-0.3, -0.25) is 9.59 Å². The number of hydrogen-bond acceptors (Lipinski definition) is 7. The lowest BCUT2D eigenvalue weighted by atomic mass is 10.2. The lowest BCUT2D eigenvalue weighted by molar-refractivity contribution is -0.127. The molecule has 0 fully saturated rings. The van der Waals surface area contributed by atoms with Gasteiger partial charge in [0.15, 0.2) is 17.1 Å². The fourth-order valence-electron chi connectivity index (χ4n) is 3.02. The zero-order valence-corrected chi connectivity index (χ0v) is 20.5. The molecule has 3 aromatic rings. The van der Waals surface area contributed by atoms with Gasteiger partial charge in [0.2, 0.25) is 5.91 Å². The van der Waals surface area contributed by atoms with Crippen LogP contribution >= 0.6 is 11.8 Å². The average Bonchev–Trinajstić information content (AvgIpc) is 3.21. The third-order valence-corrected chi connectivity index (χ3v) is 6.13. The second kappa shape index (κ2) is 12.0. The average molecular weight is 498 g/mol. The molecule has 1 unspecified atom stereocenters. The van der Waals surface area contributed by atoms with E-state index in [0.717, 1.165) is 6.42 Å². The number of aryl methyl sites for hydroxylation is 1. The Bertz CT molecular complexity index is 1180. The Morgan fingerprint density at radius 1 is 1.09 bits per heavy atom. The third-order valence-electron chi connectivity index (χ3n) is 5.11. The van der Waals surface area contributed by atoms with E-state index in [1.54, 1.807) is 18.5 Å². The van der Waals surface area contributed by atoms with E-state index in [0.29, 0.717) is 22.4 Å². The van der Waals surface area contributed by atoms with Crippen molar-refractivity contribution in [3.8, 4) is 5.75 Å². The summed E-state index contributed by atoms with van der Waals surface area (Å²) in [4.78, 5) is 35.6. The summed E-state index contributed by atoms with van der Waals surface area (Å²) in [5.41, 5.74) is 1.83. The molecule has 1 heterocycles. The van der Waals surface area contributed by atoms with Gasteiger partial charge < -0.3 is 25.0 Å². The number of nitrogens with zero attached hydrogens (tertiary/aromatic N) is 3. The van der Waals surface area contributed by atoms with Crippen LogP contribution in [0.4, 0.5) is 5.69 Å². The number of amides is 2. The van der Waals surface area contributed by atoms with E-state index >= 15 is 0 Å². The Morgan fingerprint density at radius 3 is 2.40 bits per heavy atom. The predicted octanol–water partition coefficient (Wildman–Crippen LogP) is 2.89. The summed E-state index contributed by atoms with van der Waals surface area (Å²) in [6, 6.07) is 13.5. The van der Waals surface area contributed by atoms with Crippen molar-refractivity contribution in [1.82, 2.24) is 20.1 Å². The fourth-order valence-corrected chi connectivity index (χ4v) is 3.75. The van der Waals surface area contributed by atoms with Crippen LogP contribution < -0.4 is 15.4 Å². The van der Waals surface area contributed by atoms with Crippen molar-refractivity contribution in [2.24, 2.45) is 7.05 Å². The molecule has 1 atom stereocenters. The van der Waals surface area contributed by atoms with Gasteiger partial charge in [0, 0.05) is 12.7 Å². The molecule has 3 rings (SSSR count). The zero-order valence-electron chi connectivity index (χ0n) is 19.6. The van der Waals surface area contributed by atoms with Crippen LogP contribution in [-0.2, 0) is 29.6 Å². The number of hydrogen-bond donors (Lipinski definition) is 3. The van der Waals surface area contributed by atoms with E-state index in [2.05, 4.69) is 27.8 Å². The number of carboxylic acid groups (broad SMARTS) is 1. The summed E-state index contributed by atoms with van der Waals surface area (Å²) >= 11 is 1.19. The first-order chi connectivity index (χ1) is 16.8. The smallest absolute Gasteiger partial charge is 0.335 e. The zero-order chi connectivity index (χ0) is 25.4. The molecule has 0 saturated heterocycles. The monoisotopic (exact) mass is 497 g/mol. The molecule has 0 saturated carbocycles. The number of carbonyl (C=O) groups excluding carboxylic acids is 2. The van der Waals surface area contributed by atoms with Gasteiger partial charge in [0.25, 0.3) is 5.91 Å². The van der Waals surface area contributed by atoms with Gasteiger partial charge in [-0.05, 0) is 55.3 Å². The number of thioether (sulfide) groups is 1. The number of carbonyl (C=O) groups is 3. The predicted molar refractivity (Wildman–Crippen MR) is 132 cm³/mol. The molecule has 2 aromatic carbocycles. The van der Waals surface area contributed by atoms with Crippen molar-refractivity contribution in [2.75, 3.05) is 11.1 Å². The van der Waals surface area contributed by atoms with E-state index in [9.17, 15) is 14.4 Å². The molecule has 0 spiro atoms. The lowest BCUT2D eigenvalue weighted by Crippen LogP contribution is -2.36. The van der Waals surface area contributed by atoms with Gasteiger partial charge in [0.05, 0.1) is 17.9 Å². The molecular formula is C24H27N5O5S. The molecule has 0 radical (unpaired) electrons. The Morgan fingerprint density at radius 2 is 1.77 bits per heavy atom. The summed E-state index contributed by atoms with van der Waals surface area (Å²) in [6.45, 7) is 3.91. The van der Waals surface area contributed by atoms with Crippen molar-refractivity contribution in [1.29, 1.82) is 0 Å². The number of carboxylic acids is 1. The molecule has 0 bridgehead atoms. The van der Waals surface area contributed by atoms with Crippen LogP contribution in [-0.4, -0.2) is 49.5 Å². The van der Waals surface area contributed by atoms with E-state index in [1.165, 1.54) is 41.6 Å². The standard InChI is InChI=1S/C24H27N5O5S/c1-4-16-5-11-19(12-6-16)34-15(2)22(31)25-13-20-27-28-24(29(20)3)35-14-21(30)26-18-9-7-17(8-10-18)23(32)33/h5-12,15H,4,13-14H2,1-3H3,(H,25,31)(H,26,30)(H,32,33). The second-order valence-corrected chi connectivity index (χ2v) is 8.60. The highest BCUT2D eigenvalue weighted by Crippen LogP contribution is 2.17. The van der Waals surface area contributed by atoms with Crippen molar-refractivity contribution in [2.45, 2.75) is 38.1 Å². The number of rotatable bonds is 11. The summed E-state index contributed by atoms with van der Waals surface area (Å²) in [6.07, 6.45) is 0.249. The van der Waals surface area contributed by atoms with E-state index in [4.69, 9.17) is 9.84 Å². The molecule has 184 valence electrons. The van der Waals surface area contributed by atoms with Gasteiger partial charge in [-0.2, -0.15) is 0 Å². The first-order valence-corrected chi connectivity index (χ1v) is 11.9. The summed E-state index contributed by atoms with van der Waals surface area (Å²) in [7, 11) is 1.75. The first kappa shape index (κ1) is 25.8. The molecule has 35 heavy (non-hydrogen) atoms. The highest BCUT2D eigenvalue weighted by molar-refractivity contribution is 7.99. The molecule has 0 aliphatic carbocycles. The number of anilines is 1. The maximum Gasteiger partial charge on any atom is 0.335 e. The largest absolute Gasteiger partial charge is 0.481 e. The van der Waals surface area contributed by atoms with Crippen molar-refractivity contribution >= 4 is 35.2 Å². The molecule has 1 aromatic heterocycles. The van der Waals surface area contributed by atoms with Crippen LogP contribution in [0.25, 0.3) is 0 Å². The fraction of sp³-hybridized carbons (Fsp3) is 0.292. The molecule has 11 heteroatoms. The topological polar surface area (TPSA) is 135 Å². The maximum atomic E-state index is 12.4. The Kier molecular flexibility index (Phi) is 8.85. The Labute approximate surface area is 207 Å². The van der Waals surface area contributed by atoms with Crippen molar-refractivity contribution in [3.63, 3.8) is 0 Å². The van der Waals surface area contributed by atoms with E-state index in [1.807, 2.05) is 24.3 Å². The quantitative estimate of drug-likeness (QED) is 0.344. The normalized spacial score (nSPS) is 11.5. The van der Waals surface area contributed by atoms with Crippen LogP contribution in [0.15, 0.2) is 53.7 Å². The molecule has 3 N–H and O–H groups in total. The SMILES string of the molecule is CCc1ccc(OC(C)C(=O)NCc2nnc(SCC(=O)Nc3ccc(C(=O)O)cc3)n2C)cc1. The van der Waals surface area contributed by atoms with Gasteiger partial charge in [-0.1, -0.05) is 30.8 Å². The van der Waals surface area contributed by atoms with E-state index in [-0.39, 0.29) is 29.7 Å². The van der Waals surface area contributed by atoms with Crippen LogP contribution in [0.5, 0.6) is 5.75 Å². The molecular weight excluding hydrogens is 470 g/mol. The Balaban J connectivity index is 1.46. The van der Waals surface area contributed by atoms with Crippen LogP contribution in [0, 0.1) is 0 Å². The molecule has 0 aliphatic heterocycles. The highest BCUT2D eigenvalue weighted by atomic mass is 32.2. The molecule has 0 aliphatic rings. The summed E-state index contributed by atoms with van der Waals surface area (Å²) < 4.78 is 7.40. The maximum absolute atomic E-state index is 12.4. The summed E-state index contributed by atoms with van der Waals surface area (Å²) in [5.74, 6) is -0.343. The van der Waals surface area contributed by atoms with Gasteiger partial charge in [0.1, 0.15) is 5.75 Å². The van der Waals surface area contributed by atoms with Gasteiger partial charge in [-0.25, -0.2) is 4.79 Å². The highest BCUT2D eigenvalue weighted by Gasteiger charge is 2.17. The summed E-state index contributed by atoms with van der Waals surface area (Å²) in [5, 5.41) is 23.1. The number of ether oxygens (including phenoxy) is 1. The van der Waals surface area contributed by atoms with Crippen LogP contribution in [0.1, 0.15) is 35.6 Å². The molecule has 2 amide bonds. The number of aromatic nitrogens is 3. The lowest BCUT2D eigenvalue weighted by Gasteiger charge is -2.15. The second-order valence-electron chi connectivity index (χ2n) is 7.65.